The number of ether oxygens (including phenoxy) is 2. The van der Waals surface area contributed by atoms with Gasteiger partial charge in [0.15, 0.2) is 11.5 Å². The van der Waals surface area contributed by atoms with E-state index in [9.17, 15) is 0 Å². The first-order chi connectivity index (χ1) is 9.31. The molecule has 0 fully saturated rings. The molecule has 0 N–H and O–H groups in total. The Labute approximate surface area is 109 Å². The molecule has 4 nitrogen and oxygen atoms in total. The van der Waals surface area contributed by atoms with Crippen molar-refractivity contribution >= 4 is 11.0 Å². The second-order valence-corrected chi connectivity index (χ2v) is 4.43. The Bertz CT molecular complexity index is 799. The predicted molar refractivity (Wildman–Crippen MR) is 70.9 cm³/mol. The molecule has 2 heterocycles. The number of aromatic nitrogens is 2. The van der Waals surface area contributed by atoms with E-state index in [4.69, 9.17) is 9.47 Å². The molecule has 1 aliphatic heterocycles. The zero-order valence-corrected chi connectivity index (χ0v) is 10.3. The highest BCUT2D eigenvalue weighted by Gasteiger charge is 2.23. The van der Waals surface area contributed by atoms with Gasteiger partial charge in [-0.25, -0.2) is 9.97 Å². The van der Waals surface area contributed by atoms with E-state index in [1.165, 1.54) is 0 Å². The third-order valence-corrected chi connectivity index (χ3v) is 3.09. The van der Waals surface area contributed by atoms with Gasteiger partial charge in [0.05, 0.1) is 11.0 Å². The van der Waals surface area contributed by atoms with E-state index in [2.05, 4.69) is 9.97 Å². The largest absolute Gasteiger partial charge is 0.431 e. The van der Waals surface area contributed by atoms with Crippen LogP contribution in [0.4, 0.5) is 0 Å². The fourth-order valence-electron chi connectivity index (χ4n) is 2.14. The van der Waals surface area contributed by atoms with Crippen LogP contribution >= 0.6 is 0 Å². The normalized spacial score (nSPS) is 12.3. The first-order valence-corrected chi connectivity index (χ1v) is 6.03. The molecule has 0 saturated heterocycles. The summed E-state index contributed by atoms with van der Waals surface area (Å²) in [5.74, 6) is 2.22. The van der Waals surface area contributed by atoms with Crippen LogP contribution < -0.4 is 9.47 Å². The maximum absolute atomic E-state index is 5.82. The van der Waals surface area contributed by atoms with Gasteiger partial charge in [0, 0.05) is 0 Å². The number of aryl methyl sites for hydroxylation is 1. The summed E-state index contributed by atoms with van der Waals surface area (Å²) in [6.07, 6.45) is 0. The average molecular weight is 250 g/mol. The lowest BCUT2D eigenvalue weighted by molar-refractivity contribution is 0.337. The molecule has 1 aliphatic rings. The third-order valence-electron chi connectivity index (χ3n) is 3.09. The van der Waals surface area contributed by atoms with Gasteiger partial charge in [-0.05, 0) is 30.7 Å². The third kappa shape index (κ3) is 1.53. The van der Waals surface area contributed by atoms with Crippen molar-refractivity contribution in [2.75, 3.05) is 0 Å². The highest BCUT2D eigenvalue weighted by atomic mass is 16.6. The minimum atomic E-state index is 0.414. The summed E-state index contributed by atoms with van der Waals surface area (Å²) < 4.78 is 11.6. The Morgan fingerprint density at radius 3 is 2.21 bits per heavy atom. The maximum atomic E-state index is 5.82. The lowest BCUT2D eigenvalue weighted by atomic mass is 10.2. The Hall–Kier alpha value is -2.62. The summed E-state index contributed by atoms with van der Waals surface area (Å²) in [4.78, 5) is 8.88. The number of hydrogen-bond acceptors (Lipinski definition) is 4. The van der Waals surface area contributed by atoms with E-state index in [0.29, 0.717) is 23.3 Å². The first-order valence-electron chi connectivity index (χ1n) is 6.03. The molecule has 1 aromatic heterocycles. The Balaban J connectivity index is 1.93. The molecule has 0 amide bonds. The van der Waals surface area contributed by atoms with Crippen molar-refractivity contribution in [1.82, 2.24) is 9.97 Å². The van der Waals surface area contributed by atoms with Crippen LogP contribution in [0.15, 0.2) is 42.5 Å². The van der Waals surface area contributed by atoms with Crippen molar-refractivity contribution in [1.29, 1.82) is 0 Å². The highest BCUT2D eigenvalue weighted by molar-refractivity contribution is 5.76. The molecule has 4 rings (SSSR count). The zero-order valence-electron chi connectivity index (χ0n) is 10.3. The fourth-order valence-corrected chi connectivity index (χ4v) is 2.14. The van der Waals surface area contributed by atoms with Crippen molar-refractivity contribution in [3.63, 3.8) is 0 Å². The number of benzene rings is 2. The predicted octanol–water partition coefficient (Wildman–Crippen LogP) is 3.84. The van der Waals surface area contributed by atoms with Crippen LogP contribution in [0, 0.1) is 6.92 Å². The molecule has 0 unspecified atom stereocenters. The minimum Gasteiger partial charge on any atom is -0.431 e. The molecule has 2 aromatic carbocycles. The van der Waals surface area contributed by atoms with Crippen LogP contribution in [0.5, 0.6) is 23.3 Å². The minimum absolute atomic E-state index is 0.414. The first kappa shape index (κ1) is 10.3. The smallest absolute Gasteiger partial charge is 0.284 e. The molecular weight excluding hydrogens is 240 g/mol. The van der Waals surface area contributed by atoms with E-state index in [-0.39, 0.29) is 0 Å². The quantitative estimate of drug-likeness (QED) is 0.475. The van der Waals surface area contributed by atoms with Crippen LogP contribution in [0.1, 0.15) is 5.56 Å². The standard InChI is InChI=1S/C15H10N2O2/c1-9-5-4-8-12-13(9)19-15-14(18-12)16-10-6-2-3-7-11(10)17-15/h2-8H,1H3. The van der Waals surface area contributed by atoms with E-state index in [1.807, 2.05) is 49.4 Å². The van der Waals surface area contributed by atoms with Gasteiger partial charge >= 0.3 is 0 Å². The fraction of sp³-hybridized carbons (Fsp3) is 0.0667. The summed E-state index contributed by atoms with van der Waals surface area (Å²) >= 11 is 0. The number of fused-ring (bicyclic) bond motifs is 3. The highest BCUT2D eigenvalue weighted by Crippen LogP contribution is 2.44. The van der Waals surface area contributed by atoms with Crippen molar-refractivity contribution < 1.29 is 9.47 Å². The molecule has 0 bridgehead atoms. The molecule has 0 saturated carbocycles. The molecule has 19 heavy (non-hydrogen) atoms. The molecular formula is C15H10N2O2. The molecule has 92 valence electrons. The second kappa shape index (κ2) is 3.68. The summed E-state index contributed by atoms with van der Waals surface area (Å²) in [6, 6.07) is 13.4. The van der Waals surface area contributed by atoms with Gasteiger partial charge in [0.25, 0.3) is 11.8 Å². The van der Waals surface area contributed by atoms with Gasteiger partial charge in [-0.1, -0.05) is 24.3 Å². The summed E-state index contributed by atoms with van der Waals surface area (Å²) in [5.41, 5.74) is 2.60. The van der Waals surface area contributed by atoms with Crippen molar-refractivity contribution in [2.45, 2.75) is 6.92 Å². The maximum Gasteiger partial charge on any atom is 0.284 e. The van der Waals surface area contributed by atoms with E-state index in [0.717, 1.165) is 16.6 Å². The Morgan fingerprint density at radius 1 is 0.789 bits per heavy atom. The number of hydrogen-bond donors (Lipinski definition) is 0. The van der Waals surface area contributed by atoms with Gasteiger partial charge in [0.2, 0.25) is 0 Å². The molecule has 0 spiro atoms. The van der Waals surface area contributed by atoms with Crippen molar-refractivity contribution in [3.8, 4) is 23.3 Å². The molecule has 3 aromatic rings. The Morgan fingerprint density at radius 2 is 1.47 bits per heavy atom. The monoisotopic (exact) mass is 250 g/mol. The van der Waals surface area contributed by atoms with Gasteiger partial charge in [-0.3, -0.25) is 0 Å². The van der Waals surface area contributed by atoms with Crippen molar-refractivity contribution in [2.24, 2.45) is 0 Å². The van der Waals surface area contributed by atoms with Crippen LogP contribution in [0.3, 0.4) is 0 Å². The topological polar surface area (TPSA) is 44.2 Å². The van der Waals surface area contributed by atoms with Crippen LogP contribution in [0.25, 0.3) is 11.0 Å². The average Bonchev–Trinajstić information content (AvgIpc) is 2.44. The van der Waals surface area contributed by atoms with Gasteiger partial charge in [-0.15, -0.1) is 0 Å². The van der Waals surface area contributed by atoms with E-state index < -0.39 is 0 Å². The number of para-hydroxylation sites is 3. The number of nitrogens with zero attached hydrogens (tertiary/aromatic N) is 2. The second-order valence-electron chi connectivity index (χ2n) is 4.43. The van der Waals surface area contributed by atoms with Gasteiger partial charge < -0.3 is 9.47 Å². The van der Waals surface area contributed by atoms with Crippen molar-refractivity contribution in [3.05, 3.63) is 48.0 Å². The van der Waals surface area contributed by atoms with Crippen LogP contribution in [-0.2, 0) is 0 Å². The van der Waals surface area contributed by atoms with E-state index >= 15 is 0 Å². The summed E-state index contributed by atoms with van der Waals surface area (Å²) in [5, 5.41) is 0. The van der Waals surface area contributed by atoms with Gasteiger partial charge in [-0.2, -0.15) is 0 Å². The molecule has 0 aliphatic carbocycles. The SMILES string of the molecule is Cc1cccc2c1Oc1nc3ccccc3nc1O2. The van der Waals surface area contributed by atoms with Crippen LogP contribution in [0.2, 0.25) is 0 Å². The van der Waals surface area contributed by atoms with E-state index in [1.54, 1.807) is 0 Å². The molecule has 4 heteroatoms. The lowest BCUT2D eigenvalue weighted by Crippen LogP contribution is -2.04. The van der Waals surface area contributed by atoms with Gasteiger partial charge in [0.1, 0.15) is 0 Å². The summed E-state index contributed by atoms with van der Waals surface area (Å²) in [7, 11) is 0. The lowest BCUT2D eigenvalue weighted by Gasteiger charge is -2.20. The summed E-state index contributed by atoms with van der Waals surface area (Å²) in [6.45, 7) is 1.97. The zero-order chi connectivity index (χ0) is 12.8. The molecule has 0 atom stereocenters. The number of rotatable bonds is 0. The Kier molecular flexibility index (Phi) is 2.00. The van der Waals surface area contributed by atoms with Crippen LogP contribution in [-0.4, -0.2) is 9.97 Å². The molecule has 0 radical (unpaired) electrons.